The van der Waals surface area contributed by atoms with Gasteiger partial charge < -0.3 is 15.4 Å². The zero-order valence-corrected chi connectivity index (χ0v) is 9.58. The number of nitrogens with one attached hydrogen (secondary N) is 2. The number of pyridine rings is 1. The Balaban J connectivity index is 2.30. The van der Waals surface area contributed by atoms with E-state index in [-0.39, 0.29) is 0 Å². The van der Waals surface area contributed by atoms with Crippen LogP contribution in [0.4, 0.5) is 5.82 Å². The molecular weight excluding hydrogens is 190 g/mol. The predicted octanol–water partition coefficient (Wildman–Crippen LogP) is 1.50. The fourth-order valence-corrected chi connectivity index (χ4v) is 1.18. The molecule has 0 unspecified atom stereocenters. The summed E-state index contributed by atoms with van der Waals surface area (Å²) in [6.45, 7) is 6.04. The van der Waals surface area contributed by atoms with Gasteiger partial charge in [0.1, 0.15) is 5.82 Å². The van der Waals surface area contributed by atoms with Crippen molar-refractivity contribution in [3.05, 3.63) is 18.2 Å². The average molecular weight is 209 g/mol. The number of anilines is 1. The lowest BCUT2D eigenvalue weighted by Crippen LogP contribution is -2.28. The van der Waals surface area contributed by atoms with Crippen LogP contribution in [0.25, 0.3) is 0 Å². The molecule has 0 radical (unpaired) electrons. The van der Waals surface area contributed by atoms with Crippen molar-refractivity contribution in [2.75, 3.05) is 25.5 Å². The molecule has 0 saturated heterocycles. The fourth-order valence-electron chi connectivity index (χ4n) is 1.18. The van der Waals surface area contributed by atoms with E-state index in [9.17, 15) is 0 Å². The molecule has 1 heterocycles. The van der Waals surface area contributed by atoms with Crippen molar-refractivity contribution >= 4 is 5.82 Å². The second-order valence-corrected chi connectivity index (χ2v) is 3.60. The van der Waals surface area contributed by atoms with E-state index in [1.165, 1.54) is 0 Å². The molecule has 1 rings (SSSR count). The second-order valence-electron chi connectivity index (χ2n) is 3.60. The van der Waals surface area contributed by atoms with Crippen molar-refractivity contribution in [1.82, 2.24) is 10.3 Å². The van der Waals surface area contributed by atoms with Gasteiger partial charge in [0, 0.05) is 25.2 Å². The van der Waals surface area contributed by atoms with Crippen LogP contribution < -0.4 is 15.4 Å². The molecule has 0 bridgehead atoms. The van der Waals surface area contributed by atoms with Crippen LogP contribution in [-0.2, 0) is 0 Å². The summed E-state index contributed by atoms with van der Waals surface area (Å²) in [7, 11) is 1.62. The summed E-state index contributed by atoms with van der Waals surface area (Å²) in [5.41, 5.74) is 0. The summed E-state index contributed by atoms with van der Waals surface area (Å²) < 4.78 is 5.03. The van der Waals surface area contributed by atoms with E-state index in [1.54, 1.807) is 7.11 Å². The maximum Gasteiger partial charge on any atom is 0.214 e. The summed E-state index contributed by atoms with van der Waals surface area (Å²) in [6.07, 6.45) is 0. The molecule has 15 heavy (non-hydrogen) atoms. The van der Waals surface area contributed by atoms with Gasteiger partial charge in [0.25, 0.3) is 0 Å². The van der Waals surface area contributed by atoms with Crippen LogP contribution in [-0.4, -0.2) is 31.2 Å². The Morgan fingerprint density at radius 1 is 1.33 bits per heavy atom. The molecule has 4 heteroatoms. The van der Waals surface area contributed by atoms with Crippen LogP contribution in [0, 0.1) is 0 Å². The normalized spacial score (nSPS) is 10.4. The van der Waals surface area contributed by atoms with Gasteiger partial charge in [0.15, 0.2) is 0 Å². The molecule has 84 valence electrons. The molecule has 2 N–H and O–H groups in total. The number of aromatic nitrogens is 1. The standard InChI is InChI=1S/C11H19N3O/c1-9(2)12-7-8-13-10-5-4-6-11(14-10)15-3/h4-6,9,12H,7-8H2,1-3H3,(H,13,14). The molecule has 0 spiro atoms. The van der Waals surface area contributed by atoms with Gasteiger partial charge in [-0.25, -0.2) is 0 Å². The minimum Gasteiger partial charge on any atom is -0.481 e. The highest BCUT2D eigenvalue weighted by Gasteiger charge is 1.96. The number of rotatable bonds is 6. The van der Waals surface area contributed by atoms with E-state index in [0.29, 0.717) is 11.9 Å². The summed E-state index contributed by atoms with van der Waals surface area (Å²) in [6, 6.07) is 6.20. The molecule has 0 aliphatic heterocycles. The van der Waals surface area contributed by atoms with E-state index in [2.05, 4.69) is 29.5 Å². The van der Waals surface area contributed by atoms with Crippen molar-refractivity contribution in [3.8, 4) is 5.88 Å². The number of ether oxygens (including phenoxy) is 1. The molecule has 0 fully saturated rings. The highest BCUT2D eigenvalue weighted by atomic mass is 16.5. The molecule has 1 aromatic heterocycles. The van der Waals surface area contributed by atoms with Crippen LogP contribution in [0.15, 0.2) is 18.2 Å². The minimum atomic E-state index is 0.519. The summed E-state index contributed by atoms with van der Waals surface area (Å²) in [5.74, 6) is 1.48. The molecular formula is C11H19N3O. The zero-order chi connectivity index (χ0) is 11.1. The van der Waals surface area contributed by atoms with Gasteiger partial charge in [-0.2, -0.15) is 4.98 Å². The second kappa shape index (κ2) is 6.24. The fraction of sp³-hybridized carbons (Fsp3) is 0.545. The average Bonchev–Trinajstić information content (AvgIpc) is 2.24. The Kier molecular flexibility index (Phi) is 4.90. The number of hydrogen-bond donors (Lipinski definition) is 2. The first kappa shape index (κ1) is 11.8. The maximum atomic E-state index is 5.03. The van der Waals surface area contributed by atoms with Gasteiger partial charge >= 0.3 is 0 Å². The number of methoxy groups -OCH3 is 1. The first-order valence-electron chi connectivity index (χ1n) is 5.20. The van der Waals surface area contributed by atoms with E-state index in [0.717, 1.165) is 18.9 Å². The van der Waals surface area contributed by atoms with Gasteiger partial charge in [0.05, 0.1) is 7.11 Å². The largest absolute Gasteiger partial charge is 0.481 e. The van der Waals surface area contributed by atoms with Crippen LogP contribution in [0.5, 0.6) is 5.88 Å². The SMILES string of the molecule is COc1cccc(NCCNC(C)C)n1. The zero-order valence-electron chi connectivity index (χ0n) is 9.58. The minimum absolute atomic E-state index is 0.519. The first-order valence-corrected chi connectivity index (χ1v) is 5.20. The molecule has 0 atom stereocenters. The van der Waals surface area contributed by atoms with Gasteiger partial charge in [-0.3, -0.25) is 0 Å². The Morgan fingerprint density at radius 3 is 2.80 bits per heavy atom. The van der Waals surface area contributed by atoms with Gasteiger partial charge in [-0.1, -0.05) is 19.9 Å². The van der Waals surface area contributed by atoms with E-state index >= 15 is 0 Å². The predicted molar refractivity (Wildman–Crippen MR) is 62.4 cm³/mol. The Labute approximate surface area is 91.1 Å². The summed E-state index contributed by atoms with van der Waals surface area (Å²) in [5, 5.41) is 6.54. The van der Waals surface area contributed by atoms with Crippen molar-refractivity contribution in [3.63, 3.8) is 0 Å². The van der Waals surface area contributed by atoms with E-state index < -0.39 is 0 Å². The van der Waals surface area contributed by atoms with Crippen molar-refractivity contribution < 1.29 is 4.74 Å². The van der Waals surface area contributed by atoms with E-state index in [4.69, 9.17) is 4.74 Å². The van der Waals surface area contributed by atoms with Crippen LogP contribution in [0.1, 0.15) is 13.8 Å². The molecule has 1 aromatic rings. The van der Waals surface area contributed by atoms with Crippen molar-refractivity contribution in [1.29, 1.82) is 0 Å². The third-order valence-corrected chi connectivity index (χ3v) is 1.92. The smallest absolute Gasteiger partial charge is 0.214 e. The van der Waals surface area contributed by atoms with Crippen molar-refractivity contribution in [2.24, 2.45) is 0 Å². The van der Waals surface area contributed by atoms with Crippen LogP contribution in [0.2, 0.25) is 0 Å². The third-order valence-electron chi connectivity index (χ3n) is 1.92. The summed E-state index contributed by atoms with van der Waals surface area (Å²) in [4.78, 5) is 4.25. The van der Waals surface area contributed by atoms with Gasteiger partial charge in [0.2, 0.25) is 5.88 Å². The molecule has 0 aliphatic rings. The highest BCUT2D eigenvalue weighted by molar-refractivity contribution is 5.36. The third kappa shape index (κ3) is 4.65. The quantitative estimate of drug-likeness (QED) is 0.697. The monoisotopic (exact) mass is 209 g/mol. The Hall–Kier alpha value is -1.29. The van der Waals surface area contributed by atoms with E-state index in [1.807, 2.05) is 18.2 Å². The lowest BCUT2D eigenvalue weighted by Gasteiger charge is -2.09. The maximum absolute atomic E-state index is 5.03. The molecule has 0 aliphatic carbocycles. The molecule has 0 saturated carbocycles. The Morgan fingerprint density at radius 2 is 2.13 bits per heavy atom. The molecule has 0 amide bonds. The Bertz CT molecular complexity index is 289. The van der Waals surface area contributed by atoms with Crippen LogP contribution >= 0.6 is 0 Å². The molecule has 4 nitrogen and oxygen atoms in total. The lowest BCUT2D eigenvalue weighted by atomic mass is 10.4. The van der Waals surface area contributed by atoms with Gasteiger partial charge in [-0.15, -0.1) is 0 Å². The first-order chi connectivity index (χ1) is 7.22. The molecule has 0 aromatic carbocycles. The number of nitrogens with zero attached hydrogens (tertiary/aromatic N) is 1. The van der Waals surface area contributed by atoms with Crippen molar-refractivity contribution in [2.45, 2.75) is 19.9 Å². The lowest BCUT2D eigenvalue weighted by molar-refractivity contribution is 0.398. The number of hydrogen-bond acceptors (Lipinski definition) is 4. The summed E-state index contributed by atoms with van der Waals surface area (Å²) >= 11 is 0. The highest BCUT2D eigenvalue weighted by Crippen LogP contribution is 2.09. The topological polar surface area (TPSA) is 46.2 Å². The van der Waals surface area contributed by atoms with Crippen LogP contribution in [0.3, 0.4) is 0 Å². The van der Waals surface area contributed by atoms with Gasteiger partial charge in [-0.05, 0) is 6.07 Å².